The highest BCUT2D eigenvalue weighted by Gasteiger charge is 2.21. The van der Waals surface area contributed by atoms with E-state index >= 15 is 0 Å². The highest BCUT2D eigenvalue weighted by Crippen LogP contribution is 2.40. The van der Waals surface area contributed by atoms with Crippen LogP contribution in [0.4, 0.5) is 0 Å². The van der Waals surface area contributed by atoms with Crippen molar-refractivity contribution >= 4 is 22.7 Å². The number of hydrogen-bond acceptors (Lipinski definition) is 1. The van der Waals surface area contributed by atoms with Gasteiger partial charge in [-0.25, -0.2) is 0 Å². The Morgan fingerprint density at radius 1 is 1.00 bits per heavy atom. The minimum Gasteiger partial charge on any atom is -0.309 e. The van der Waals surface area contributed by atoms with E-state index in [1.165, 1.54) is 27.8 Å². The van der Waals surface area contributed by atoms with Gasteiger partial charge in [-0.15, -0.1) is 0 Å². The molecule has 2 aromatic rings. The average molecular weight is 298 g/mol. The Morgan fingerprint density at radius 3 is 2.43 bits per heavy atom. The summed E-state index contributed by atoms with van der Waals surface area (Å²) < 4.78 is 0. The Balaban J connectivity index is 2.01. The minimum absolute atomic E-state index is 0.796. The molecule has 0 amide bonds. The Labute approximate surface area is 131 Å². The van der Waals surface area contributed by atoms with Gasteiger partial charge in [-0.2, -0.15) is 0 Å². The Morgan fingerprint density at radius 2 is 1.71 bits per heavy atom. The molecular formula is C19H20ClN. The fourth-order valence-corrected chi connectivity index (χ4v) is 3.10. The summed E-state index contributed by atoms with van der Waals surface area (Å²) in [6.45, 7) is 1.07. The average Bonchev–Trinajstić information content (AvgIpc) is 2.84. The van der Waals surface area contributed by atoms with Gasteiger partial charge in [-0.1, -0.05) is 48.0 Å². The van der Waals surface area contributed by atoms with Crippen molar-refractivity contribution in [2.75, 3.05) is 20.6 Å². The molecule has 108 valence electrons. The third-order valence-electron chi connectivity index (χ3n) is 4.08. The first-order valence-electron chi connectivity index (χ1n) is 7.36. The molecule has 1 aliphatic carbocycles. The first-order valence-corrected chi connectivity index (χ1v) is 7.74. The molecule has 3 rings (SSSR count). The number of fused-ring (bicyclic) bond motifs is 1. The van der Waals surface area contributed by atoms with Gasteiger partial charge in [-0.05, 0) is 66.9 Å². The van der Waals surface area contributed by atoms with E-state index in [9.17, 15) is 0 Å². The van der Waals surface area contributed by atoms with Crippen LogP contribution in [0.5, 0.6) is 0 Å². The SMILES string of the molecule is CN(C)CCC1=C(c2ccc(Cl)cc2)Cc2ccccc21. The highest BCUT2D eigenvalue weighted by molar-refractivity contribution is 6.30. The van der Waals surface area contributed by atoms with Gasteiger partial charge in [-0.3, -0.25) is 0 Å². The molecule has 2 heteroatoms. The van der Waals surface area contributed by atoms with Crippen LogP contribution in [0, 0.1) is 0 Å². The third kappa shape index (κ3) is 3.04. The smallest absolute Gasteiger partial charge is 0.0406 e. The molecule has 0 aliphatic heterocycles. The highest BCUT2D eigenvalue weighted by atomic mass is 35.5. The van der Waals surface area contributed by atoms with Crippen molar-refractivity contribution in [3.8, 4) is 0 Å². The minimum atomic E-state index is 0.796. The van der Waals surface area contributed by atoms with Gasteiger partial charge < -0.3 is 4.90 Å². The normalized spacial score (nSPS) is 13.9. The number of hydrogen-bond donors (Lipinski definition) is 0. The van der Waals surface area contributed by atoms with Crippen LogP contribution in [0.25, 0.3) is 11.1 Å². The summed E-state index contributed by atoms with van der Waals surface area (Å²) in [5.74, 6) is 0. The van der Waals surface area contributed by atoms with E-state index in [4.69, 9.17) is 11.6 Å². The standard InChI is InChI=1S/C19H20ClN/c1-21(2)12-11-18-17-6-4-3-5-15(17)13-19(18)14-7-9-16(20)10-8-14/h3-10H,11-13H2,1-2H3. The van der Waals surface area contributed by atoms with E-state index in [-0.39, 0.29) is 0 Å². The van der Waals surface area contributed by atoms with E-state index in [1.807, 2.05) is 12.1 Å². The second-order valence-electron chi connectivity index (χ2n) is 5.85. The molecule has 0 fully saturated rings. The molecule has 0 spiro atoms. The Bertz CT molecular complexity index is 668. The van der Waals surface area contributed by atoms with Crippen molar-refractivity contribution in [1.29, 1.82) is 0 Å². The van der Waals surface area contributed by atoms with E-state index in [0.29, 0.717) is 0 Å². The molecule has 2 aromatic carbocycles. The van der Waals surface area contributed by atoms with Crippen LogP contribution in [0.3, 0.4) is 0 Å². The van der Waals surface area contributed by atoms with Crippen LogP contribution in [-0.2, 0) is 6.42 Å². The first-order chi connectivity index (χ1) is 10.1. The molecule has 0 unspecified atom stereocenters. The second kappa shape index (κ2) is 6.05. The predicted octanol–water partition coefficient (Wildman–Crippen LogP) is 4.76. The van der Waals surface area contributed by atoms with Crippen LogP contribution >= 0.6 is 11.6 Å². The van der Waals surface area contributed by atoms with Gasteiger partial charge in [0.2, 0.25) is 0 Å². The second-order valence-corrected chi connectivity index (χ2v) is 6.29. The molecule has 0 saturated heterocycles. The Hall–Kier alpha value is -1.57. The fourth-order valence-electron chi connectivity index (χ4n) is 2.98. The van der Waals surface area contributed by atoms with E-state index < -0.39 is 0 Å². The largest absolute Gasteiger partial charge is 0.309 e. The lowest BCUT2D eigenvalue weighted by molar-refractivity contribution is 0.420. The summed E-state index contributed by atoms with van der Waals surface area (Å²) in [7, 11) is 4.26. The van der Waals surface area contributed by atoms with Crippen LogP contribution in [0.2, 0.25) is 5.02 Å². The first kappa shape index (κ1) is 14.4. The number of nitrogens with zero attached hydrogens (tertiary/aromatic N) is 1. The lowest BCUT2D eigenvalue weighted by Crippen LogP contribution is -2.13. The summed E-state index contributed by atoms with van der Waals surface area (Å²) in [5.41, 5.74) is 7.10. The zero-order valence-corrected chi connectivity index (χ0v) is 13.3. The summed E-state index contributed by atoms with van der Waals surface area (Å²) in [5, 5.41) is 0.796. The lowest BCUT2D eigenvalue weighted by Gasteiger charge is -2.13. The molecule has 1 aliphatic rings. The topological polar surface area (TPSA) is 3.24 Å². The van der Waals surface area contributed by atoms with Gasteiger partial charge in [0.25, 0.3) is 0 Å². The molecule has 0 radical (unpaired) electrons. The molecular weight excluding hydrogens is 278 g/mol. The lowest BCUT2D eigenvalue weighted by atomic mass is 9.98. The fraction of sp³-hybridized carbons (Fsp3) is 0.263. The van der Waals surface area contributed by atoms with Gasteiger partial charge in [0.1, 0.15) is 0 Å². The summed E-state index contributed by atoms with van der Waals surface area (Å²) in [6, 6.07) is 17.0. The van der Waals surface area contributed by atoms with E-state index in [1.54, 1.807) is 0 Å². The quantitative estimate of drug-likeness (QED) is 0.786. The molecule has 0 aromatic heterocycles. The van der Waals surface area contributed by atoms with Crippen LogP contribution in [-0.4, -0.2) is 25.5 Å². The maximum absolute atomic E-state index is 6.02. The van der Waals surface area contributed by atoms with Gasteiger partial charge >= 0.3 is 0 Å². The number of rotatable bonds is 4. The molecule has 0 saturated carbocycles. The van der Waals surface area contributed by atoms with Crippen LogP contribution < -0.4 is 0 Å². The van der Waals surface area contributed by atoms with E-state index in [0.717, 1.165) is 24.4 Å². The van der Waals surface area contributed by atoms with Gasteiger partial charge in [0.15, 0.2) is 0 Å². The Kier molecular flexibility index (Phi) is 4.14. The zero-order chi connectivity index (χ0) is 14.8. The summed E-state index contributed by atoms with van der Waals surface area (Å²) in [6.07, 6.45) is 2.11. The van der Waals surface area contributed by atoms with Crippen LogP contribution in [0.15, 0.2) is 48.5 Å². The monoisotopic (exact) mass is 297 g/mol. The van der Waals surface area contributed by atoms with Crippen molar-refractivity contribution in [2.45, 2.75) is 12.8 Å². The van der Waals surface area contributed by atoms with Gasteiger partial charge in [0, 0.05) is 11.6 Å². The molecule has 21 heavy (non-hydrogen) atoms. The number of benzene rings is 2. The zero-order valence-electron chi connectivity index (χ0n) is 12.6. The molecule has 0 heterocycles. The third-order valence-corrected chi connectivity index (χ3v) is 4.33. The van der Waals surface area contributed by atoms with Crippen molar-refractivity contribution in [2.24, 2.45) is 0 Å². The number of halogens is 1. The molecule has 0 bridgehead atoms. The maximum Gasteiger partial charge on any atom is 0.0406 e. The molecule has 0 N–H and O–H groups in total. The van der Waals surface area contributed by atoms with Crippen molar-refractivity contribution in [3.05, 3.63) is 70.2 Å². The van der Waals surface area contributed by atoms with Crippen molar-refractivity contribution in [1.82, 2.24) is 4.90 Å². The summed E-state index contributed by atoms with van der Waals surface area (Å²) in [4.78, 5) is 2.24. The van der Waals surface area contributed by atoms with Crippen LogP contribution in [0.1, 0.15) is 23.1 Å². The van der Waals surface area contributed by atoms with E-state index in [2.05, 4.69) is 55.4 Å². The maximum atomic E-state index is 6.02. The molecule has 0 atom stereocenters. The van der Waals surface area contributed by atoms with Crippen molar-refractivity contribution in [3.63, 3.8) is 0 Å². The van der Waals surface area contributed by atoms with Gasteiger partial charge in [0.05, 0.1) is 0 Å². The van der Waals surface area contributed by atoms with Crippen molar-refractivity contribution < 1.29 is 0 Å². The number of allylic oxidation sites excluding steroid dienone is 1. The predicted molar refractivity (Wildman–Crippen MR) is 91.6 cm³/mol. The molecule has 1 nitrogen and oxygen atoms in total. The summed E-state index contributed by atoms with van der Waals surface area (Å²) >= 11 is 6.02.